The zero-order valence-corrected chi connectivity index (χ0v) is 5.29. The van der Waals surface area contributed by atoms with Crippen LogP contribution >= 0.6 is 0 Å². The molecule has 3 N–H and O–H groups in total. The maximum atomic E-state index is 10.2. The van der Waals surface area contributed by atoms with E-state index in [2.05, 4.69) is 4.99 Å². The molecule has 0 aromatic heterocycles. The van der Waals surface area contributed by atoms with E-state index in [1.54, 1.807) is 0 Å². The van der Waals surface area contributed by atoms with Crippen molar-refractivity contribution < 1.29 is 9.90 Å². The normalized spacial score (nSPS) is 11.6. The number of aliphatic hydroxyl groups is 1. The van der Waals surface area contributed by atoms with Crippen molar-refractivity contribution in [1.29, 1.82) is 0 Å². The smallest absolute Gasteiger partial charge is 0.262 e. The molecule has 0 saturated heterocycles. The van der Waals surface area contributed by atoms with Gasteiger partial charge in [-0.2, -0.15) is 0 Å². The van der Waals surface area contributed by atoms with Gasteiger partial charge < -0.3 is 10.8 Å². The Balaban J connectivity index is 3.69. The largest absolute Gasteiger partial charge is 0.394 e. The quantitative estimate of drug-likeness (QED) is 0.477. The minimum atomic E-state index is -0.538. The van der Waals surface area contributed by atoms with Crippen LogP contribution in [0.1, 0.15) is 6.92 Å². The molecule has 0 fully saturated rings. The fraction of sp³-hybridized carbons (Fsp3) is 0.600. The summed E-state index contributed by atoms with van der Waals surface area (Å²) in [6.45, 7) is 1.71. The van der Waals surface area contributed by atoms with Gasteiger partial charge in [-0.3, -0.25) is 9.79 Å². The molecule has 1 amide bonds. The van der Waals surface area contributed by atoms with Crippen LogP contribution in [-0.2, 0) is 4.79 Å². The van der Waals surface area contributed by atoms with Crippen molar-refractivity contribution in [3.8, 4) is 0 Å². The third kappa shape index (κ3) is 3.66. The first-order chi connectivity index (χ1) is 4.18. The summed E-state index contributed by atoms with van der Waals surface area (Å²) in [5, 5.41) is 8.24. The van der Waals surface area contributed by atoms with Crippen molar-refractivity contribution >= 4 is 11.6 Å². The lowest BCUT2D eigenvalue weighted by atomic mass is 10.4. The van der Waals surface area contributed by atoms with Crippen LogP contribution in [0.5, 0.6) is 0 Å². The van der Waals surface area contributed by atoms with Crippen molar-refractivity contribution in [2.24, 2.45) is 10.7 Å². The molecule has 0 rings (SSSR count). The molecule has 0 aliphatic heterocycles. The van der Waals surface area contributed by atoms with Gasteiger partial charge in [-0.25, -0.2) is 0 Å². The second-order valence-corrected chi connectivity index (χ2v) is 1.55. The van der Waals surface area contributed by atoms with Gasteiger partial charge in [-0.05, 0) is 6.92 Å². The highest BCUT2D eigenvalue weighted by Gasteiger charge is 1.95. The van der Waals surface area contributed by atoms with Crippen LogP contribution in [0.15, 0.2) is 4.99 Å². The third-order valence-electron chi connectivity index (χ3n) is 0.806. The van der Waals surface area contributed by atoms with E-state index in [4.69, 9.17) is 10.8 Å². The molecule has 0 aromatic carbocycles. The van der Waals surface area contributed by atoms with Crippen molar-refractivity contribution in [2.45, 2.75) is 6.92 Å². The van der Waals surface area contributed by atoms with Crippen LogP contribution in [-0.4, -0.2) is 29.9 Å². The number of aliphatic imine (C=N–C) groups is 1. The Morgan fingerprint density at radius 1 is 1.78 bits per heavy atom. The van der Waals surface area contributed by atoms with Gasteiger partial charge in [0.1, 0.15) is 0 Å². The van der Waals surface area contributed by atoms with Crippen LogP contribution < -0.4 is 5.73 Å². The zero-order valence-electron chi connectivity index (χ0n) is 5.29. The molecule has 0 atom stereocenters. The van der Waals surface area contributed by atoms with E-state index in [9.17, 15) is 4.79 Å². The van der Waals surface area contributed by atoms with Crippen molar-refractivity contribution in [3.63, 3.8) is 0 Å². The van der Waals surface area contributed by atoms with E-state index in [1.807, 2.05) is 0 Å². The zero-order chi connectivity index (χ0) is 7.28. The van der Waals surface area contributed by atoms with Gasteiger partial charge in [-0.1, -0.05) is 0 Å². The van der Waals surface area contributed by atoms with Gasteiger partial charge in [0.05, 0.1) is 18.9 Å². The molecule has 0 aliphatic rings. The molecule has 0 saturated carbocycles. The van der Waals surface area contributed by atoms with Crippen molar-refractivity contribution in [1.82, 2.24) is 0 Å². The molecule has 0 aromatic rings. The van der Waals surface area contributed by atoms with Crippen molar-refractivity contribution in [2.75, 3.05) is 13.2 Å². The molecular weight excluding hydrogens is 120 g/mol. The number of aliphatic hydroxyl groups excluding tert-OH is 1. The lowest BCUT2D eigenvalue weighted by Gasteiger charge is -1.90. The Labute approximate surface area is 53.4 Å². The van der Waals surface area contributed by atoms with Gasteiger partial charge in [0.15, 0.2) is 0 Å². The monoisotopic (exact) mass is 130 g/mol. The van der Waals surface area contributed by atoms with E-state index in [1.165, 1.54) is 6.92 Å². The second-order valence-electron chi connectivity index (χ2n) is 1.55. The van der Waals surface area contributed by atoms with Gasteiger partial charge in [0.25, 0.3) is 5.91 Å². The maximum Gasteiger partial charge on any atom is 0.262 e. The van der Waals surface area contributed by atoms with Crippen LogP contribution in [0.25, 0.3) is 0 Å². The summed E-state index contributed by atoms with van der Waals surface area (Å²) < 4.78 is 0. The van der Waals surface area contributed by atoms with Crippen LogP contribution in [0.4, 0.5) is 0 Å². The van der Waals surface area contributed by atoms with E-state index in [-0.39, 0.29) is 18.9 Å². The Hall–Kier alpha value is -0.900. The average Bonchev–Trinajstić information content (AvgIpc) is 1.82. The van der Waals surface area contributed by atoms with Gasteiger partial charge in [0.2, 0.25) is 0 Å². The lowest BCUT2D eigenvalue weighted by Crippen LogP contribution is -2.20. The fourth-order valence-electron chi connectivity index (χ4n) is 0.296. The summed E-state index contributed by atoms with van der Waals surface area (Å²) in [5.41, 5.74) is 5.08. The molecule has 52 valence electrons. The average molecular weight is 130 g/mol. The number of rotatable bonds is 3. The molecule has 0 aliphatic carbocycles. The Morgan fingerprint density at radius 2 is 2.33 bits per heavy atom. The SMILES string of the molecule is CC(=NCCO)C(N)=O. The first-order valence-corrected chi connectivity index (χ1v) is 2.60. The highest BCUT2D eigenvalue weighted by molar-refractivity contribution is 6.37. The second kappa shape index (κ2) is 4.03. The number of amides is 1. The van der Waals surface area contributed by atoms with E-state index in [0.29, 0.717) is 0 Å². The summed E-state index contributed by atoms with van der Waals surface area (Å²) in [6.07, 6.45) is 0. The topological polar surface area (TPSA) is 75.7 Å². The van der Waals surface area contributed by atoms with Crippen LogP contribution in [0.3, 0.4) is 0 Å². The minimum Gasteiger partial charge on any atom is -0.394 e. The Morgan fingerprint density at radius 3 is 2.67 bits per heavy atom. The molecular formula is C5H10N2O2. The lowest BCUT2D eigenvalue weighted by molar-refractivity contribution is -0.112. The number of nitrogens with two attached hydrogens (primary N) is 1. The van der Waals surface area contributed by atoms with Crippen molar-refractivity contribution in [3.05, 3.63) is 0 Å². The number of primary amides is 1. The summed E-state index contributed by atoms with van der Waals surface area (Å²) in [6, 6.07) is 0. The predicted molar refractivity (Wildman–Crippen MR) is 34.3 cm³/mol. The number of carbonyl (C=O) groups is 1. The summed E-state index contributed by atoms with van der Waals surface area (Å²) in [4.78, 5) is 13.8. The molecule has 0 unspecified atom stereocenters. The number of hydrogen-bond acceptors (Lipinski definition) is 3. The van der Waals surface area contributed by atoms with E-state index < -0.39 is 5.91 Å². The molecule has 0 heterocycles. The van der Waals surface area contributed by atoms with Gasteiger partial charge >= 0.3 is 0 Å². The highest BCUT2D eigenvalue weighted by atomic mass is 16.3. The molecule has 9 heavy (non-hydrogen) atoms. The highest BCUT2D eigenvalue weighted by Crippen LogP contribution is 1.74. The standard InChI is InChI=1S/C5H10N2O2/c1-4(5(6)9)7-2-3-8/h8H,2-3H2,1H3,(H2,6,9). The number of nitrogens with zero attached hydrogens (tertiary/aromatic N) is 1. The first-order valence-electron chi connectivity index (χ1n) is 2.60. The van der Waals surface area contributed by atoms with Crippen LogP contribution in [0.2, 0.25) is 0 Å². The minimum absolute atomic E-state index is 0.0510. The van der Waals surface area contributed by atoms with Gasteiger partial charge in [-0.15, -0.1) is 0 Å². The molecule has 0 spiro atoms. The first kappa shape index (κ1) is 8.10. The molecule has 4 heteroatoms. The van der Waals surface area contributed by atoms with Crippen LogP contribution in [0, 0.1) is 0 Å². The molecule has 4 nitrogen and oxygen atoms in total. The number of hydrogen-bond donors (Lipinski definition) is 2. The van der Waals surface area contributed by atoms with Gasteiger partial charge in [0, 0.05) is 0 Å². The molecule has 0 bridgehead atoms. The Bertz CT molecular complexity index is 131. The maximum absolute atomic E-state index is 10.2. The Kier molecular flexibility index (Phi) is 3.62. The van der Waals surface area contributed by atoms with E-state index >= 15 is 0 Å². The molecule has 0 radical (unpaired) electrons. The summed E-state index contributed by atoms with van der Waals surface area (Å²) in [7, 11) is 0. The van der Waals surface area contributed by atoms with E-state index in [0.717, 1.165) is 0 Å². The number of carbonyl (C=O) groups excluding carboxylic acids is 1. The predicted octanol–water partition coefficient (Wildman–Crippen LogP) is -1.08. The summed E-state index contributed by atoms with van der Waals surface area (Å²) in [5.74, 6) is -0.538. The fourth-order valence-corrected chi connectivity index (χ4v) is 0.296. The summed E-state index contributed by atoms with van der Waals surface area (Å²) >= 11 is 0. The third-order valence-corrected chi connectivity index (χ3v) is 0.806.